The van der Waals surface area contributed by atoms with Crippen LogP contribution in [0.4, 0.5) is 0 Å². The monoisotopic (exact) mass is 216 g/mol. The minimum Gasteiger partial charge on any atom is -0.368 e. The molecule has 13 heavy (non-hydrogen) atoms. The summed E-state index contributed by atoms with van der Waals surface area (Å²) in [4.78, 5) is 11.2. The van der Waals surface area contributed by atoms with Crippen LogP contribution in [0.5, 0.6) is 0 Å². The normalized spacial score (nSPS) is 30.8. The van der Waals surface area contributed by atoms with Gasteiger partial charge < -0.3 is 11.1 Å². The number of hydrogen-bond acceptors (Lipinski definition) is 3. The van der Waals surface area contributed by atoms with Crippen LogP contribution in [0.15, 0.2) is 0 Å². The lowest BCUT2D eigenvalue weighted by Crippen LogP contribution is -2.49. The summed E-state index contributed by atoms with van der Waals surface area (Å²) >= 11 is 6.70. The molecular weight excluding hydrogens is 204 g/mol. The van der Waals surface area contributed by atoms with E-state index in [1.54, 1.807) is 11.8 Å². The van der Waals surface area contributed by atoms with Crippen LogP contribution < -0.4 is 11.1 Å². The lowest BCUT2D eigenvalue weighted by atomic mass is 9.97. The third kappa shape index (κ3) is 1.44. The van der Waals surface area contributed by atoms with Gasteiger partial charge in [-0.05, 0) is 12.8 Å². The molecule has 0 radical (unpaired) electrons. The Hall–Kier alpha value is -0.290. The first kappa shape index (κ1) is 9.27. The predicted octanol–water partition coefficient (Wildman–Crippen LogP) is 0.774. The highest BCUT2D eigenvalue weighted by atomic mass is 32.2. The fourth-order valence-corrected chi connectivity index (χ4v) is 4.16. The van der Waals surface area contributed by atoms with Crippen molar-refractivity contribution < 1.29 is 4.79 Å². The Morgan fingerprint density at radius 2 is 2.23 bits per heavy atom. The maximum Gasteiger partial charge on any atom is 0.241 e. The minimum absolute atomic E-state index is 0.0110. The summed E-state index contributed by atoms with van der Waals surface area (Å²) < 4.78 is 0.717. The van der Waals surface area contributed by atoms with Crippen molar-refractivity contribution in [1.82, 2.24) is 5.32 Å². The number of hydrogen-bond donors (Lipinski definition) is 2. The maximum atomic E-state index is 11.2. The Labute approximate surface area is 86.8 Å². The molecular formula is C8H12N2OS2. The van der Waals surface area contributed by atoms with Crippen molar-refractivity contribution in [3.8, 4) is 0 Å². The van der Waals surface area contributed by atoms with E-state index in [0.29, 0.717) is 0 Å². The van der Waals surface area contributed by atoms with Crippen LogP contribution in [0.3, 0.4) is 0 Å². The van der Waals surface area contributed by atoms with E-state index in [2.05, 4.69) is 5.32 Å². The molecule has 1 unspecified atom stereocenters. The number of rotatable bonds is 1. The highest BCUT2D eigenvalue weighted by molar-refractivity contribution is 8.24. The quantitative estimate of drug-likeness (QED) is 0.636. The highest BCUT2D eigenvalue weighted by Gasteiger charge is 2.50. The molecule has 1 heterocycles. The lowest BCUT2D eigenvalue weighted by molar-refractivity contribution is -0.120. The van der Waals surface area contributed by atoms with Crippen LogP contribution in [-0.2, 0) is 4.79 Å². The van der Waals surface area contributed by atoms with E-state index >= 15 is 0 Å². The van der Waals surface area contributed by atoms with E-state index in [1.807, 2.05) is 0 Å². The SMILES string of the molecule is NC(=O)C1NC(=S)SC12CCCC2. The summed E-state index contributed by atoms with van der Waals surface area (Å²) in [6, 6.07) is -0.243. The van der Waals surface area contributed by atoms with Gasteiger partial charge in [-0.2, -0.15) is 0 Å². The van der Waals surface area contributed by atoms with Gasteiger partial charge in [-0.3, -0.25) is 4.79 Å². The summed E-state index contributed by atoms with van der Waals surface area (Å²) in [5, 5.41) is 3.01. The third-order valence-corrected chi connectivity index (χ3v) is 4.54. The first-order valence-corrected chi connectivity index (χ1v) is 5.65. The summed E-state index contributed by atoms with van der Waals surface area (Å²) in [5.41, 5.74) is 5.34. The molecule has 2 aliphatic rings. The van der Waals surface area contributed by atoms with Gasteiger partial charge in [0, 0.05) is 0 Å². The van der Waals surface area contributed by atoms with Gasteiger partial charge in [0.2, 0.25) is 5.91 Å². The summed E-state index contributed by atoms with van der Waals surface area (Å²) in [7, 11) is 0. The van der Waals surface area contributed by atoms with Gasteiger partial charge in [-0.1, -0.05) is 36.8 Å². The zero-order valence-corrected chi connectivity index (χ0v) is 8.84. The first-order chi connectivity index (χ1) is 6.14. The number of thiocarbonyl (C=S) groups is 1. The minimum atomic E-state index is -0.269. The van der Waals surface area contributed by atoms with Crippen molar-refractivity contribution in [2.75, 3.05) is 0 Å². The van der Waals surface area contributed by atoms with Crippen molar-refractivity contribution in [1.29, 1.82) is 0 Å². The van der Waals surface area contributed by atoms with E-state index in [4.69, 9.17) is 18.0 Å². The molecule has 1 saturated carbocycles. The lowest BCUT2D eigenvalue weighted by Gasteiger charge is -2.25. The Morgan fingerprint density at radius 3 is 2.77 bits per heavy atom. The molecule has 0 bridgehead atoms. The van der Waals surface area contributed by atoms with Gasteiger partial charge in [0.05, 0.1) is 4.75 Å². The maximum absolute atomic E-state index is 11.2. The van der Waals surface area contributed by atoms with E-state index in [1.165, 1.54) is 12.8 Å². The Kier molecular flexibility index (Phi) is 2.23. The number of thioether (sulfide) groups is 1. The van der Waals surface area contributed by atoms with Gasteiger partial charge in [-0.15, -0.1) is 0 Å². The molecule has 3 N–H and O–H groups in total. The van der Waals surface area contributed by atoms with Gasteiger partial charge in [0.15, 0.2) is 0 Å². The second kappa shape index (κ2) is 3.13. The van der Waals surface area contributed by atoms with Gasteiger partial charge in [0.25, 0.3) is 0 Å². The molecule has 1 aliphatic heterocycles. The largest absolute Gasteiger partial charge is 0.368 e. The van der Waals surface area contributed by atoms with E-state index < -0.39 is 0 Å². The molecule has 1 spiro atoms. The number of amides is 1. The van der Waals surface area contributed by atoms with E-state index in [-0.39, 0.29) is 16.7 Å². The standard InChI is InChI=1S/C8H12N2OS2/c9-6(11)5-8(3-1-2-4-8)13-7(12)10-5/h5H,1-4H2,(H2,9,11)(H,10,12). The van der Waals surface area contributed by atoms with Gasteiger partial charge in [-0.25, -0.2) is 0 Å². The molecule has 3 nitrogen and oxygen atoms in total. The zero-order valence-electron chi connectivity index (χ0n) is 7.21. The summed E-state index contributed by atoms with van der Waals surface area (Å²) in [6.45, 7) is 0. The molecule has 2 fully saturated rings. The second-order valence-corrected chi connectivity index (χ2v) is 5.73. The van der Waals surface area contributed by atoms with Crippen LogP contribution in [-0.4, -0.2) is 21.0 Å². The number of primary amides is 1. The Balaban J connectivity index is 2.25. The zero-order chi connectivity index (χ0) is 9.47. The molecule has 1 amide bonds. The summed E-state index contributed by atoms with van der Waals surface area (Å²) in [6.07, 6.45) is 4.47. The first-order valence-electron chi connectivity index (χ1n) is 4.43. The molecule has 5 heteroatoms. The molecule has 2 rings (SSSR count). The fourth-order valence-electron chi connectivity index (χ4n) is 2.22. The molecule has 1 saturated heterocycles. The van der Waals surface area contributed by atoms with Crippen molar-refractivity contribution in [3.63, 3.8) is 0 Å². The highest BCUT2D eigenvalue weighted by Crippen LogP contribution is 2.47. The topological polar surface area (TPSA) is 55.1 Å². The smallest absolute Gasteiger partial charge is 0.241 e. The molecule has 0 aromatic rings. The van der Waals surface area contributed by atoms with Crippen molar-refractivity contribution in [2.24, 2.45) is 5.73 Å². The molecule has 72 valence electrons. The predicted molar refractivity (Wildman–Crippen MR) is 57.5 cm³/mol. The van der Waals surface area contributed by atoms with E-state index in [9.17, 15) is 4.79 Å². The summed E-state index contributed by atoms with van der Waals surface area (Å²) in [5.74, 6) is -0.269. The van der Waals surface area contributed by atoms with Crippen LogP contribution in [0, 0.1) is 0 Å². The average molecular weight is 216 g/mol. The second-order valence-electron chi connectivity index (χ2n) is 3.64. The van der Waals surface area contributed by atoms with Crippen LogP contribution in [0.1, 0.15) is 25.7 Å². The third-order valence-electron chi connectivity index (χ3n) is 2.82. The molecule has 1 aliphatic carbocycles. The fraction of sp³-hybridized carbons (Fsp3) is 0.750. The van der Waals surface area contributed by atoms with Crippen LogP contribution >= 0.6 is 24.0 Å². The van der Waals surface area contributed by atoms with Crippen LogP contribution in [0.25, 0.3) is 0 Å². The average Bonchev–Trinajstić information content (AvgIpc) is 2.60. The number of nitrogens with two attached hydrogens (primary N) is 1. The van der Waals surface area contributed by atoms with Crippen molar-refractivity contribution in [2.45, 2.75) is 36.5 Å². The van der Waals surface area contributed by atoms with Gasteiger partial charge >= 0.3 is 0 Å². The Morgan fingerprint density at radius 1 is 1.62 bits per heavy atom. The van der Waals surface area contributed by atoms with Crippen molar-refractivity contribution >= 4 is 34.2 Å². The molecule has 0 aromatic carbocycles. The van der Waals surface area contributed by atoms with Gasteiger partial charge in [0.1, 0.15) is 10.4 Å². The van der Waals surface area contributed by atoms with E-state index in [0.717, 1.165) is 17.2 Å². The number of carbonyl (C=O) groups excluding carboxylic acids is 1. The van der Waals surface area contributed by atoms with Crippen LogP contribution in [0.2, 0.25) is 0 Å². The van der Waals surface area contributed by atoms with Crippen molar-refractivity contribution in [3.05, 3.63) is 0 Å². The number of nitrogens with one attached hydrogen (secondary N) is 1. The molecule has 0 aromatic heterocycles. The number of carbonyl (C=O) groups is 1. The Bertz CT molecular complexity index is 261. The molecule has 1 atom stereocenters.